The second-order valence-electron chi connectivity index (χ2n) is 7.55. The molecule has 2 aliphatic rings. The van der Waals surface area contributed by atoms with Gasteiger partial charge in [0.1, 0.15) is 5.69 Å². The van der Waals surface area contributed by atoms with Crippen molar-refractivity contribution in [2.24, 2.45) is 13.0 Å². The van der Waals surface area contributed by atoms with Crippen LogP contribution in [0.3, 0.4) is 0 Å². The normalized spacial score (nSPS) is 19.0. The molecule has 2 heterocycles. The van der Waals surface area contributed by atoms with Crippen LogP contribution < -0.4 is 0 Å². The molecule has 10 heteroatoms. The molecule has 1 atom stereocenters. The number of fused-ring (bicyclic) bond motifs is 1. The Kier molecular flexibility index (Phi) is 7.09. The van der Waals surface area contributed by atoms with Gasteiger partial charge in [-0.1, -0.05) is 35.5 Å². The van der Waals surface area contributed by atoms with Crippen LogP contribution in [0.1, 0.15) is 35.8 Å². The third-order valence-corrected chi connectivity index (χ3v) is 5.18. The Labute approximate surface area is 172 Å². The first-order valence-corrected chi connectivity index (χ1v) is 9.80. The van der Waals surface area contributed by atoms with Gasteiger partial charge in [0.2, 0.25) is 0 Å². The summed E-state index contributed by atoms with van der Waals surface area (Å²) < 4.78 is 39.7. The van der Waals surface area contributed by atoms with Crippen LogP contribution in [0.5, 0.6) is 0 Å². The van der Waals surface area contributed by atoms with E-state index in [2.05, 4.69) is 39.5 Å². The summed E-state index contributed by atoms with van der Waals surface area (Å²) in [7, 11) is 1.99. The zero-order chi connectivity index (χ0) is 21.7. The molecule has 1 N–H and O–H groups in total. The van der Waals surface area contributed by atoms with Gasteiger partial charge in [-0.2, -0.15) is 13.2 Å². The molecule has 1 aliphatic heterocycles. The molecule has 1 saturated carbocycles. The maximum atomic E-state index is 10.6. The minimum absolute atomic E-state index is 0.247. The largest absolute Gasteiger partial charge is 0.490 e. The van der Waals surface area contributed by atoms with Gasteiger partial charge in [-0.25, -0.2) is 4.79 Å². The summed E-state index contributed by atoms with van der Waals surface area (Å²) >= 11 is 0. The Morgan fingerprint density at radius 1 is 1.27 bits per heavy atom. The number of nitrogens with zero attached hydrogens (tertiary/aromatic N) is 4. The topological polar surface area (TPSA) is 80.5 Å². The van der Waals surface area contributed by atoms with Crippen LogP contribution >= 0.6 is 0 Å². The van der Waals surface area contributed by atoms with Crippen molar-refractivity contribution in [2.75, 3.05) is 19.7 Å². The lowest BCUT2D eigenvalue weighted by Gasteiger charge is -2.34. The number of rotatable bonds is 6. The van der Waals surface area contributed by atoms with Crippen molar-refractivity contribution in [3.8, 4) is 0 Å². The minimum Gasteiger partial charge on any atom is -0.475 e. The number of benzene rings is 1. The summed E-state index contributed by atoms with van der Waals surface area (Å²) in [5.41, 5.74) is 3.61. The Hall–Kier alpha value is -2.46. The molecule has 0 amide bonds. The van der Waals surface area contributed by atoms with Gasteiger partial charge in [-0.15, -0.1) is 5.10 Å². The maximum absolute atomic E-state index is 10.6. The molecule has 0 spiro atoms. The highest BCUT2D eigenvalue weighted by Crippen LogP contribution is 2.35. The van der Waals surface area contributed by atoms with E-state index in [1.165, 1.54) is 30.6 Å². The Morgan fingerprint density at radius 2 is 1.93 bits per heavy atom. The average molecular weight is 426 g/mol. The van der Waals surface area contributed by atoms with Gasteiger partial charge in [0.15, 0.2) is 0 Å². The predicted octanol–water partition coefficient (Wildman–Crippen LogP) is 2.97. The van der Waals surface area contributed by atoms with Crippen LogP contribution in [0, 0.1) is 5.92 Å². The van der Waals surface area contributed by atoms with Crippen LogP contribution in [0.15, 0.2) is 30.3 Å². The van der Waals surface area contributed by atoms with Gasteiger partial charge in [-0.05, 0) is 24.3 Å². The Bertz CT molecular complexity index is 838. The van der Waals surface area contributed by atoms with Gasteiger partial charge in [0.25, 0.3) is 0 Å². The molecule has 30 heavy (non-hydrogen) atoms. The number of aromatic nitrogens is 3. The molecule has 1 aliphatic carbocycles. The van der Waals surface area contributed by atoms with E-state index in [1.807, 2.05) is 17.8 Å². The van der Waals surface area contributed by atoms with E-state index in [4.69, 9.17) is 14.6 Å². The highest BCUT2D eigenvalue weighted by molar-refractivity contribution is 5.73. The van der Waals surface area contributed by atoms with Crippen molar-refractivity contribution in [3.63, 3.8) is 0 Å². The molecule has 1 aromatic heterocycles. The molecule has 4 rings (SSSR count). The first kappa shape index (κ1) is 22.2. The first-order valence-electron chi connectivity index (χ1n) is 9.80. The zero-order valence-electron chi connectivity index (χ0n) is 16.7. The van der Waals surface area contributed by atoms with Crippen LogP contribution in [-0.4, -0.2) is 56.8 Å². The van der Waals surface area contributed by atoms with Crippen molar-refractivity contribution in [2.45, 2.75) is 38.1 Å². The molecular weight excluding hydrogens is 401 g/mol. The number of carbonyl (C=O) groups is 1. The molecule has 0 radical (unpaired) electrons. The van der Waals surface area contributed by atoms with Crippen LogP contribution in [0.4, 0.5) is 13.2 Å². The quantitative estimate of drug-likeness (QED) is 0.765. The summed E-state index contributed by atoms with van der Waals surface area (Å²) in [6.07, 6.45) is -1.29. The van der Waals surface area contributed by atoms with Gasteiger partial charge in [-0.3, -0.25) is 9.58 Å². The molecule has 1 unspecified atom stereocenters. The van der Waals surface area contributed by atoms with Crippen molar-refractivity contribution < 1.29 is 27.8 Å². The third-order valence-electron chi connectivity index (χ3n) is 5.18. The molecule has 164 valence electrons. The van der Waals surface area contributed by atoms with E-state index in [0.717, 1.165) is 24.6 Å². The SMILES string of the molecule is Cn1nnc2c1CCN(CC1CC1)C2COCc1ccccc1.O=C(O)C(F)(F)F. The second kappa shape index (κ2) is 9.57. The van der Waals surface area contributed by atoms with Crippen molar-refractivity contribution in [3.05, 3.63) is 47.3 Å². The van der Waals surface area contributed by atoms with E-state index in [1.54, 1.807) is 0 Å². The molecule has 1 aromatic carbocycles. The number of carboxylic acids is 1. The lowest BCUT2D eigenvalue weighted by molar-refractivity contribution is -0.192. The number of aryl methyl sites for hydroxylation is 1. The van der Waals surface area contributed by atoms with Crippen molar-refractivity contribution in [1.82, 2.24) is 19.9 Å². The highest BCUT2D eigenvalue weighted by Gasteiger charge is 2.38. The maximum Gasteiger partial charge on any atom is 0.490 e. The third kappa shape index (κ3) is 6.02. The van der Waals surface area contributed by atoms with E-state index in [-0.39, 0.29) is 6.04 Å². The number of alkyl halides is 3. The number of hydrogen-bond donors (Lipinski definition) is 1. The fourth-order valence-corrected chi connectivity index (χ4v) is 3.42. The van der Waals surface area contributed by atoms with E-state index in [0.29, 0.717) is 13.2 Å². The van der Waals surface area contributed by atoms with E-state index >= 15 is 0 Å². The second-order valence-corrected chi connectivity index (χ2v) is 7.55. The van der Waals surface area contributed by atoms with Gasteiger partial charge >= 0.3 is 12.1 Å². The fraction of sp³-hybridized carbons (Fsp3) is 0.550. The van der Waals surface area contributed by atoms with Crippen molar-refractivity contribution >= 4 is 5.97 Å². The lowest BCUT2D eigenvalue weighted by Crippen LogP contribution is -2.39. The first-order chi connectivity index (χ1) is 14.3. The van der Waals surface area contributed by atoms with Gasteiger partial charge < -0.3 is 9.84 Å². The fourth-order valence-electron chi connectivity index (χ4n) is 3.42. The summed E-state index contributed by atoms with van der Waals surface area (Å²) in [4.78, 5) is 11.5. The molecule has 1 fully saturated rings. The molecular formula is C20H25F3N4O3. The van der Waals surface area contributed by atoms with Gasteiger partial charge in [0, 0.05) is 26.6 Å². The lowest BCUT2D eigenvalue weighted by atomic mass is 10.0. The summed E-state index contributed by atoms with van der Waals surface area (Å²) in [5.74, 6) is -1.88. The van der Waals surface area contributed by atoms with Crippen LogP contribution in [-0.2, 0) is 29.6 Å². The smallest absolute Gasteiger partial charge is 0.475 e. The number of carboxylic acid groups (broad SMARTS) is 1. The number of aliphatic carboxylic acids is 1. The van der Waals surface area contributed by atoms with Crippen LogP contribution in [0.25, 0.3) is 0 Å². The Morgan fingerprint density at radius 3 is 2.53 bits per heavy atom. The Balaban J connectivity index is 0.000000318. The standard InChI is InChI=1S/C18H24N4O.C2HF3O2/c1-21-16-9-10-22(11-14-7-8-14)17(18(16)19-20-21)13-23-12-15-5-3-2-4-6-15;3-2(4,5)1(6)7/h2-6,14,17H,7-13H2,1H3;(H,6,7). The number of hydrogen-bond acceptors (Lipinski definition) is 5. The zero-order valence-corrected chi connectivity index (χ0v) is 16.7. The van der Waals surface area contributed by atoms with Gasteiger partial charge in [0.05, 0.1) is 24.9 Å². The van der Waals surface area contributed by atoms with Crippen LogP contribution in [0.2, 0.25) is 0 Å². The summed E-state index contributed by atoms with van der Waals surface area (Å²) in [5, 5.41) is 15.8. The molecule has 7 nitrogen and oxygen atoms in total. The average Bonchev–Trinajstić information content (AvgIpc) is 3.44. The van der Waals surface area contributed by atoms with Crippen molar-refractivity contribution in [1.29, 1.82) is 0 Å². The summed E-state index contributed by atoms with van der Waals surface area (Å²) in [6.45, 7) is 3.61. The number of halogens is 3. The number of ether oxygens (including phenoxy) is 1. The predicted molar refractivity (Wildman–Crippen MR) is 102 cm³/mol. The molecule has 0 bridgehead atoms. The molecule has 0 saturated heterocycles. The highest BCUT2D eigenvalue weighted by atomic mass is 19.4. The van der Waals surface area contributed by atoms with E-state index < -0.39 is 12.1 Å². The summed E-state index contributed by atoms with van der Waals surface area (Å²) in [6, 6.07) is 10.6. The monoisotopic (exact) mass is 426 g/mol. The minimum atomic E-state index is -5.08. The van der Waals surface area contributed by atoms with E-state index in [9.17, 15) is 13.2 Å². The molecule has 2 aromatic rings.